The molecule has 1 aromatic rings. The van der Waals surface area contributed by atoms with E-state index < -0.39 is 0 Å². The average Bonchev–Trinajstić information content (AvgIpc) is 2.84. The van der Waals surface area contributed by atoms with Gasteiger partial charge in [-0.25, -0.2) is 4.39 Å². The number of hydrogen-bond donors (Lipinski definition) is 0. The van der Waals surface area contributed by atoms with Gasteiger partial charge in [0, 0.05) is 22.2 Å². The molecule has 1 aromatic heterocycles. The molecule has 0 unspecified atom stereocenters. The van der Waals surface area contributed by atoms with Crippen molar-refractivity contribution in [3.05, 3.63) is 27.7 Å². The lowest BCUT2D eigenvalue weighted by Crippen LogP contribution is -2.16. The van der Waals surface area contributed by atoms with Crippen LogP contribution in [0.15, 0.2) is 10.7 Å². The molecular weight excluding hydrogens is 257 g/mol. The lowest BCUT2D eigenvalue weighted by Gasteiger charge is -2.22. The summed E-state index contributed by atoms with van der Waals surface area (Å²) in [6.07, 6.45) is 3.89. The van der Waals surface area contributed by atoms with Gasteiger partial charge in [0.05, 0.1) is 5.69 Å². The smallest absolute Gasteiger partial charge is 0.149 e. The molecule has 1 saturated carbocycles. The van der Waals surface area contributed by atoms with Crippen LogP contribution in [0.5, 0.6) is 0 Å². The summed E-state index contributed by atoms with van der Waals surface area (Å²) in [4.78, 5) is 4.19. The van der Waals surface area contributed by atoms with E-state index in [9.17, 15) is 4.39 Å². The lowest BCUT2D eigenvalue weighted by atomic mass is 9.86. The summed E-state index contributed by atoms with van der Waals surface area (Å²) in [5.74, 6) is 0.249. The Morgan fingerprint density at radius 2 is 2.00 bits per heavy atom. The summed E-state index contributed by atoms with van der Waals surface area (Å²) in [6, 6.07) is 0. The predicted molar refractivity (Wildman–Crippen MR) is 62.6 cm³/mol. The van der Waals surface area contributed by atoms with E-state index in [1.54, 1.807) is 6.20 Å². The quantitative estimate of drug-likeness (QED) is 0.748. The molecule has 0 aromatic carbocycles. The molecular formula is C12H15BrFN. The molecule has 1 aliphatic carbocycles. The first-order valence-electron chi connectivity index (χ1n) is 5.25. The third-order valence-electron chi connectivity index (χ3n) is 2.71. The number of pyridine rings is 1. The third kappa shape index (κ3) is 2.07. The zero-order valence-electron chi connectivity index (χ0n) is 9.27. The number of hydrogen-bond acceptors (Lipinski definition) is 1. The molecule has 0 bridgehead atoms. The predicted octanol–water partition coefficient (Wildman–Crippen LogP) is 4.16. The van der Waals surface area contributed by atoms with Crippen LogP contribution in [0.2, 0.25) is 0 Å². The summed E-state index contributed by atoms with van der Waals surface area (Å²) >= 11 is 3.38. The zero-order valence-corrected chi connectivity index (χ0v) is 10.9. The Hall–Kier alpha value is -0.440. The van der Waals surface area contributed by atoms with Crippen LogP contribution < -0.4 is 0 Å². The van der Waals surface area contributed by atoms with Crippen LogP contribution in [0, 0.1) is 5.82 Å². The molecule has 1 nitrogen and oxygen atoms in total. The van der Waals surface area contributed by atoms with E-state index >= 15 is 0 Å². The summed E-state index contributed by atoms with van der Waals surface area (Å²) in [6.45, 7) is 6.06. The molecule has 1 fully saturated rings. The molecule has 82 valence electrons. The van der Waals surface area contributed by atoms with E-state index in [0.717, 1.165) is 22.9 Å². The molecule has 3 heteroatoms. The fraction of sp³-hybridized carbons (Fsp3) is 0.583. The van der Waals surface area contributed by atoms with Crippen LogP contribution in [0.25, 0.3) is 0 Å². The number of halogens is 2. The molecule has 1 heterocycles. The Labute approximate surface area is 98.2 Å². The van der Waals surface area contributed by atoms with Crippen molar-refractivity contribution in [2.24, 2.45) is 0 Å². The van der Waals surface area contributed by atoms with Gasteiger partial charge >= 0.3 is 0 Å². The highest BCUT2D eigenvalue weighted by atomic mass is 79.9. The van der Waals surface area contributed by atoms with Gasteiger partial charge in [0.15, 0.2) is 0 Å². The second-order valence-corrected chi connectivity index (χ2v) is 6.06. The van der Waals surface area contributed by atoms with Crippen molar-refractivity contribution in [2.45, 2.75) is 44.9 Å². The fourth-order valence-corrected chi connectivity index (χ4v) is 2.68. The maximum Gasteiger partial charge on any atom is 0.149 e. The number of aromatic nitrogens is 1. The highest BCUT2D eigenvalue weighted by Gasteiger charge is 2.32. The Balaban J connectivity index is 2.56. The zero-order chi connectivity index (χ0) is 11.2. The van der Waals surface area contributed by atoms with Gasteiger partial charge in [0.2, 0.25) is 0 Å². The van der Waals surface area contributed by atoms with Gasteiger partial charge in [-0.2, -0.15) is 0 Å². The van der Waals surface area contributed by atoms with Gasteiger partial charge in [-0.05, 0) is 34.2 Å². The molecule has 1 aliphatic rings. The molecule has 0 radical (unpaired) electrons. The number of rotatable bonds is 1. The summed E-state index contributed by atoms with van der Waals surface area (Å²) in [5, 5.41) is 0. The van der Waals surface area contributed by atoms with Crippen LogP contribution in [-0.4, -0.2) is 4.98 Å². The summed E-state index contributed by atoms with van der Waals surface area (Å²) < 4.78 is 15.0. The lowest BCUT2D eigenvalue weighted by molar-refractivity contribution is 0.506. The Morgan fingerprint density at radius 3 is 2.47 bits per heavy atom. The molecule has 0 saturated heterocycles. The van der Waals surface area contributed by atoms with Gasteiger partial charge in [0.25, 0.3) is 0 Å². The SMILES string of the molecule is CC(C)(C)c1c(Br)cnc(C2CC2)c1F. The van der Waals surface area contributed by atoms with Gasteiger partial charge in [-0.3, -0.25) is 4.98 Å². The second-order valence-electron chi connectivity index (χ2n) is 5.20. The molecule has 2 rings (SSSR count). The topological polar surface area (TPSA) is 12.9 Å². The standard InChI is InChI=1S/C12H15BrFN/c1-12(2,3)9-8(13)6-15-11(10(9)14)7-4-5-7/h6-7H,4-5H2,1-3H3. The molecule has 0 amide bonds. The minimum atomic E-state index is -0.185. The first-order valence-corrected chi connectivity index (χ1v) is 6.05. The van der Waals surface area contributed by atoms with Crippen LogP contribution in [0.1, 0.15) is 50.8 Å². The first kappa shape index (κ1) is 11.1. The first-order chi connectivity index (χ1) is 6.91. The van der Waals surface area contributed by atoms with Gasteiger partial charge in [0.1, 0.15) is 5.82 Å². The van der Waals surface area contributed by atoms with E-state index in [1.807, 2.05) is 20.8 Å². The van der Waals surface area contributed by atoms with Crippen LogP contribution in [0.3, 0.4) is 0 Å². The third-order valence-corrected chi connectivity index (χ3v) is 3.32. The van der Waals surface area contributed by atoms with Crippen LogP contribution in [0.4, 0.5) is 4.39 Å². The molecule has 0 N–H and O–H groups in total. The normalized spacial score (nSPS) is 16.9. The van der Waals surface area contributed by atoms with E-state index in [1.165, 1.54) is 0 Å². The van der Waals surface area contributed by atoms with Crippen molar-refractivity contribution < 1.29 is 4.39 Å². The fourth-order valence-electron chi connectivity index (χ4n) is 1.81. The Bertz CT molecular complexity index is 391. The van der Waals surface area contributed by atoms with Crippen molar-refractivity contribution in [3.8, 4) is 0 Å². The van der Waals surface area contributed by atoms with Crippen molar-refractivity contribution in [1.82, 2.24) is 4.98 Å². The van der Waals surface area contributed by atoms with E-state index in [2.05, 4.69) is 20.9 Å². The van der Waals surface area contributed by atoms with Crippen molar-refractivity contribution in [1.29, 1.82) is 0 Å². The molecule has 15 heavy (non-hydrogen) atoms. The highest BCUT2D eigenvalue weighted by molar-refractivity contribution is 9.10. The van der Waals surface area contributed by atoms with Gasteiger partial charge < -0.3 is 0 Å². The van der Waals surface area contributed by atoms with E-state index in [-0.39, 0.29) is 11.2 Å². The van der Waals surface area contributed by atoms with Gasteiger partial charge in [-0.1, -0.05) is 20.8 Å². The molecule has 0 aliphatic heterocycles. The number of nitrogens with zero attached hydrogens (tertiary/aromatic N) is 1. The maximum absolute atomic E-state index is 14.2. The van der Waals surface area contributed by atoms with Crippen molar-refractivity contribution >= 4 is 15.9 Å². The summed E-state index contributed by atoms with van der Waals surface area (Å²) in [5.41, 5.74) is 1.22. The summed E-state index contributed by atoms with van der Waals surface area (Å²) in [7, 11) is 0. The maximum atomic E-state index is 14.2. The van der Waals surface area contributed by atoms with Crippen molar-refractivity contribution in [3.63, 3.8) is 0 Å². The van der Waals surface area contributed by atoms with E-state index in [4.69, 9.17) is 0 Å². The minimum Gasteiger partial charge on any atom is -0.257 e. The van der Waals surface area contributed by atoms with Gasteiger partial charge in [-0.15, -0.1) is 0 Å². The highest BCUT2D eigenvalue weighted by Crippen LogP contribution is 2.43. The largest absolute Gasteiger partial charge is 0.257 e. The molecule has 0 atom stereocenters. The minimum absolute atomic E-state index is 0.112. The van der Waals surface area contributed by atoms with E-state index in [0.29, 0.717) is 11.6 Å². The van der Waals surface area contributed by atoms with Crippen LogP contribution in [-0.2, 0) is 5.41 Å². The molecule has 0 spiro atoms. The van der Waals surface area contributed by atoms with Crippen LogP contribution >= 0.6 is 15.9 Å². The second kappa shape index (κ2) is 3.55. The monoisotopic (exact) mass is 271 g/mol. The Kier molecular flexibility index (Phi) is 2.61. The van der Waals surface area contributed by atoms with Crippen molar-refractivity contribution in [2.75, 3.05) is 0 Å². The Morgan fingerprint density at radius 1 is 1.40 bits per heavy atom. The average molecular weight is 272 g/mol.